The Labute approximate surface area is 683 Å². The van der Waals surface area contributed by atoms with E-state index in [0.717, 1.165) is 12.4 Å². The predicted octanol–water partition coefficient (Wildman–Crippen LogP) is -15.0. The zero-order valence-electron chi connectivity index (χ0n) is 65.0. The standard InChI is InChI=1S/C25H44N14O8.C25H44N14O7.C17H18N2O6S/c26-4-1-2-11(27)6-17(41)32-8-14-20(43)35-15(9-34-25(30)47)21(44)39-18(13-3-5-31-24(29)38-13)23(46)33-7-12(28)19(42)37-16(10-40)22(45)36-14;1-11-19(41)36-15(9-32-17(40)7-12(27)3-2-5-26)21(43)37-16(10-34-25(30)46)22(44)39-18(14-4-6-31-24(29)38-14)23(45)33-8-13(28)20(42)35-11;1-17(2)11(16(24)25)19-13(21)10(14(19)26-17)18-12(20)9(15(22)23)8-6-4-3-5-7-8/h9,11-14,16,18,40H,1-8,10,26-28H2,(H,32,41)(H,33,46)(H,35,43)(H,36,45)(H,37,42)(H,39,44)(H3,29,31,38)(H3,30,34,47);10-15,18H,2-9,26-28H2,1H3,(H,32,40)(H,33,45)(H,35,42)(H,36,41)(H,37,43)(H,39,44)(H3,29,31,38)(H3,30,34,46);3-7,9-11,14H,1-2H3,(H,18,20)(H,22,23)(H,24,25)/b15-9+;16-10+;/t11-,12-,13+,14-,16-,18-;11-,12-,13-,14+,15-,18-;9?,10-,11+,14-/m001/s1. The minimum Gasteiger partial charge on any atom is -0.480 e. The first-order valence-corrected chi connectivity index (χ1v) is 38.0. The molecule has 1 aromatic rings. The largest absolute Gasteiger partial charge is 0.480 e. The van der Waals surface area contributed by atoms with Crippen LogP contribution in [0.2, 0.25) is 0 Å². The Morgan fingerprint density at radius 3 is 1.45 bits per heavy atom. The molecule has 0 saturated carbocycles. The summed E-state index contributed by atoms with van der Waals surface area (Å²) >= 11 is 1.29. The fraction of sp³-hybridized carbons (Fsp3) is 0.552. The molecule has 0 aromatic heterocycles. The highest BCUT2D eigenvalue weighted by Crippen LogP contribution is 2.51. The number of carbonyl (C=O) groups excluding carboxylic acids is 16. The van der Waals surface area contributed by atoms with Crippen LogP contribution in [-0.4, -0.2) is 293 Å². The predicted molar refractivity (Wildman–Crippen MR) is 421 cm³/mol. The third kappa shape index (κ3) is 29.8. The normalized spacial score (nSPS) is 26.6. The summed E-state index contributed by atoms with van der Waals surface area (Å²) in [4.78, 5) is 237. The van der Waals surface area contributed by atoms with Gasteiger partial charge in [-0.3, -0.25) is 81.9 Å². The van der Waals surface area contributed by atoms with Gasteiger partial charge in [0.15, 0.2) is 17.8 Å². The van der Waals surface area contributed by atoms with Crippen molar-refractivity contribution in [2.75, 3.05) is 59.0 Å². The molecule has 51 nitrogen and oxygen atoms in total. The molecule has 7 rings (SSSR count). The number of nitrogens with zero attached hydrogens (tertiary/aromatic N) is 3. The highest BCUT2D eigenvalue weighted by atomic mass is 32.2. The average molecular weight is 1700 g/mol. The Morgan fingerprint density at radius 1 is 0.605 bits per heavy atom. The Kier molecular flexibility index (Phi) is 37.8. The number of urea groups is 2. The topological polar surface area (TPSA) is 861 Å². The van der Waals surface area contributed by atoms with Crippen molar-refractivity contribution in [3.63, 3.8) is 0 Å². The highest BCUT2D eigenvalue weighted by Gasteiger charge is 2.64. The van der Waals surface area contributed by atoms with E-state index >= 15 is 0 Å². The van der Waals surface area contributed by atoms with E-state index in [4.69, 9.17) is 57.3 Å². The van der Waals surface area contributed by atoms with E-state index in [1.165, 1.54) is 35.7 Å². The maximum Gasteiger partial charge on any atom is 0.327 e. The van der Waals surface area contributed by atoms with Gasteiger partial charge >= 0.3 is 24.0 Å². The number of hydrogen-bond acceptors (Lipinski definition) is 32. The lowest BCUT2D eigenvalue weighted by Gasteiger charge is -2.43. The molecule has 0 radical (unpaired) electrons. The molecule has 4 saturated heterocycles. The second kappa shape index (κ2) is 46.3. The van der Waals surface area contributed by atoms with Crippen LogP contribution in [0, 0.1) is 0 Å². The number of thioether (sulfide) groups is 1. The molecule has 0 aliphatic carbocycles. The second-order valence-corrected chi connectivity index (χ2v) is 29.9. The number of carboxylic acids is 2. The quantitative estimate of drug-likeness (QED) is 0.0260. The monoisotopic (exact) mass is 1700 g/mol. The molecule has 1 aromatic carbocycles. The number of aliphatic hydroxyl groups excluding tert-OH is 1. The number of aliphatic imine (C=N–C) groups is 2. The van der Waals surface area contributed by atoms with Crippen molar-refractivity contribution in [3.8, 4) is 0 Å². The van der Waals surface area contributed by atoms with E-state index in [-0.39, 0.29) is 57.2 Å². The summed E-state index contributed by atoms with van der Waals surface area (Å²) in [5.41, 5.74) is 55.6. The van der Waals surface area contributed by atoms with Crippen molar-refractivity contribution in [3.05, 3.63) is 59.7 Å². The van der Waals surface area contributed by atoms with Crippen LogP contribution < -0.4 is 148 Å². The number of carbonyl (C=O) groups is 18. The first-order chi connectivity index (χ1) is 56.1. The van der Waals surface area contributed by atoms with E-state index in [0.29, 0.717) is 44.3 Å². The van der Waals surface area contributed by atoms with Crippen molar-refractivity contribution in [2.24, 2.45) is 67.3 Å². The van der Waals surface area contributed by atoms with Crippen molar-refractivity contribution >= 4 is 130 Å². The molecule has 52 heteroatoms. The lowest BCUT2D eigenvalue weighted by molar-refractivity contribution is -0.161. The van der Waals surface area contributed by atoms with Crippen LogP contribution in [0.5, 0.6) is 0 Å². The van der Waals surface area contributed by atoms with Gasteiger partial charge in [-0.1, -0.05) is 30.3 Å². The number of carboxylic acid groups (broad SMARTS) is 2. The summed E-state index contributed by atoms with van der Waals surface area (Å²) in [5, 5.41) is 68.8. The molecule has 1 unspecified atom stereocenters. The third-order valence-electron chi connectivity index (χ3n) is 18.4. The second-order valence-electron chi connectivity index (χ2n) is 28.1. The Morgan fingerprint density at radius 2 is 1.04 bits per heavy atom. The number of primary amides is 2. The lowest BCUT2D eigenvalue weighted by Crippen LogP contribution is -2.71. The number of aliphatic hydroxyl groups is 1. The van der Waals surface area contributed by atoms with Crippen molar-refractivity contribution in [2.45, 2.75) is 173 Å². The van der Waals surface area contributed by atoms with Gasteiger partial charge in [-0.05, 0) is 77.9 Å². The molecule has 6 aliphatic rings. The van der Waals surface area contributed by atoms with E-state index in [9.17, 15) is 102 Å². The van der Waals surface area contributed by atoms with Crippen molar-refractivity contribution in [1.82, 2.24) is 95.3 Å². The van der Waals surface area contributed by atoms with E-state index in [1.807, 2.05) is 5.32 Å². The van der Waals surface area contributed by atoms with Gasteiger partial charge in [0.1, 0.15) is 77.2 Å². The number of aliphatic carboxylic acids is 2. The molecule has 0 spiro atoms. The molecule has 16 atom stereocenters. The fourth-order valence-corrected chi connectivity index (χ4v) is 13.7. The maximum atomic E-state index is 13.5. The first-order valence-electron chi connectivity index (χ1n) is 37.1. The molecule has 4 fully saturated rings. The summed E-state index contributed by atoms with van der Waals surface area (Å²) in [7, 11) is 0. The lowest BCUT2D eigenvalue weighted by atomic mass is 9.94. The zero-order valence-corrected chi connectivity index (χ0v) is 65.8. The molecule has 6 aliphatic heterocycles. The summed E-state index contributed by atoms with van der Waals surface area (Å²) in [6.45, 7) is 3.17. The van der Waals surface area contributed by atoms with Gasteiger partial charge in [-0.25, -0.2) is 14.4 Å². The molecular formula is C67H106N30O21S. The molecule has 6 heterocycles. The van der Waals surface area contributed by atoms with Crippen LogP contribution >= 0.6 is 11.8 Å². The fourth-order valence-electron chi connectivity index (χ4n) is 12.1. The summed E-state index contributed by atoms with van der Waals surface area (Å²) in [5.74, 6) is -15.8. The summed E-state index contributed by atoms with van der Waals surface area (Å²) in [6, 6.07) is -10.2. The Bertz CT molecular complexity index is 4040. The Balaban J connectivity index is 0.000000330. The average Bonchev–Trinajstić information content (AvgIpc) is 1.56. The minimum absolute atomic E-state index is 0.0101. The number of hydrogen-bond donors (Lipinski definition) is 30. The maximum absolute atomic E-state index is 13.5. The zero-order chi connectivity index (χ0) is 88.7. The molecule has 40 N–H and O–H groups in total. The van der Waals surface area contributed by atoms with Crippen LogP contribution in [0.15, 0.2) is 64.1 Å². The van der Waals surface area contributed by atoms with Gasteiger partial charge in [0.05, 0.1) is 18.7 Å². The summed E-state index contributed by atoms with van der Waals surface area (Å²) < 4.78 is -0.711. The van der Waals surface area contributed by atoms with E-state index in [2.05, 4.69) is 95.1 Å². The number of benzene rings is 1. The van der Waals surface area contributed by atoms with Gasteiger partial charge in [0.2, 0.25) is 70.9 Å². The highest BCUT2D eigenvalue weighted by molar-refractivity contribution is 8.01. The van der Waals surface area contributed by atoms with Crippen LogP contribution in [0.25, 0.3) is 0 Å². The van der Waals surface area contributed by atoms with Crippen molar-refractivity contribution in [1.29, 1.82) is 0 Å². The smallest absolute Gasteiger partial charge is 0.327 e. The molecule has 0 bridgehead atoms. The minimum atomic E-state index is -1.63. The van der Waals surface area contributed by atoms with Crippen LogP contribution in [0.1, 0.15) is 83.6 Å². The number of β-lactam (4-membered cyclic amide) rings is 1. The van der Waals surface area contributed by atoms with Gasteiger partial charge in [0, 0.05) is 81.3 Å². The molecule has 18 amide bonds. The van der Waals surface area contributed by atoms with Crippen LogP contribution in [-0.2, 0) is 76.7 Å². The number of nitrogens with two attached hydrogens (primary N) is 10. The third-order valence-corrected chi connectivity index (χ3v) is 19.9. The number of nitrogens with one attached hydrogen (secondary N) is 17. The van der Waals surface area contributed by atoms with Gasteiger partial charge < -0.3 is 168 Å². The van der Waals surface area contributed by atoms with Gasteiger partial charge in [0.25, 0.3) is 11.8 Å². The molecule has 656 valence electrons. The first kappa shape index (κ1) is 97.0. The number of amides is 18. The van der Waals surface area contributed by atoms with Gasteiger partial charge in [-0.15, -0.1) is 11.8 Å². The number of rotatable bonds is 24. The van der Waals surface area contributed by atoms with Crippen LogP contribution in [0.4, 0.5) is 9.59 Å². The number of guanidine groups is 2. The Hall–Kier alpha value is -12.6. The SMILES string of the molecule is CC1(C)S[C@@H]2[C@H](NC(=O)C(C(=O)O)c3ccccc3)C(=O)N2[C@H]1C(=O)O.C[C@@H]1NC(=O)[C@@H](N)CNC(=O)[C@H]([C@H]2CCN=C(N)N2)NC(=O)/C(=C\NC(N)=O)NC(=O)[C@H](CNC(=O)C[C@@H](N)CCCN)NC1=O.NCCC[C@H](N)CC(=O)NC[C@@H]1NC(=O)[C@H](CO)NC(=O)[C@@H](N)CNC(=O)[C@H]([C@H]2CCN=C(N)N2)NC(=O)/C(=C\NC(N)=O)NC1=O. The van der Waals surface area contributed by atoms with E-state index < -0.39 is 245 Å². The molecule has 119 heavy (non-hydrogen) atoms. The van der Waals surface area contributed by atoms with E-state index in [1.54, 1.807) is 32.0 Å². The van der Waals surface area contributed by atoms with Crippen LogP contribution in [0.3, 0.4) is 0 Å². The molecular weight excluding hydrogens is 1590 g/mol. The van der Waals surface area contributed by atoms with Crippen molar-refractivity contribution < 1.29 is 102 Å². The number of fused-ring (bicyclic) bond motifs is 1. The van der Waals surface area contributed by atoms with Gasteiger partial charge in [-0.2, -0.15) is 0 Å². The summed E-state index contributed by atoms with van der Waals surface area (Å²) in [6.07, 6.45) is 3.86.